The third-order valence-corrected chi connectivity index (χ3v) is 4.61. The van der Waals surface area contributed by atoms with Gasteiger partial charge in [0.1, 0.15) is 5.75 Å². The molecule has 1 aromatic carbocycles. The maximum atomic E-state index is 5.81. The molecule has 0 amide bonds. The quantitative estimate of drug-likeness (QED) is 0.859. The molecule has 1 fully saturated rings. The molecule has 2 rings (SSSR count). The predicted molar refractivity (Wildman–Crippen MR) is 80.5 cm³/mol. The van der Waals surface area contributed by atoms with Gasteiger partial charge in [0, 0.05) is 11.6 Å². The Balaban J connectivity index is 2.31. The minimum Gasteiger partial charge on any atom is -0.494 e. The highest BCUT2D eigenvalue weighted by molar-refractivity contribution is 5.36. The summed E-state index contributed by atoms with van der Waals surface area (Å²) < 4.78 is 5.81. The Morgan fingerprint density at radius 1 is 1.37 bits per heavy atom. The van der Waals surface area contributed by atoms with Gasteiger partial charge in [-0.2, -0.15) is 0 Å². The average Bonchev–Trinajstić information content (AvgIpc) is 2.73. The molecule has 1 saturated carbocycles. The van der Waals surface area contributed by atoms with Crippen molar-refractivity contribution in [1.29, 1.82) is 0 Å². The summed E-state index contributed by atoms with van der Waals surface area (Å²) in [6, 6.07) is 8.86. The topological polar surface area (TPSA) is 21.3 Å². The van der Waals surface area contributed by atoms with Crippen LogP contribution in [0.15, 0.2) is 24.3 Å². The Morgan fingerprint density at radius 3 is 2.68 bits per heavy atom. The Hall–Kier alpha value is -1.02. The van der Waals surface area contributed by atoms with E-state index in [9.17, 15) is 0 Å². The fraction of sp³-hybridized carbons (Fsp3) is 0.647. The van der Waals surface area contributed by atoms with E-state index in [1.807, 2.05) is 6.92 Å². The molecule has 0 radical (unpaired) electrons. The highest BCUT2D eigenvalue weighted by Gasteiger charge is 2.40. The average molecular weight is 261 g/mol. The molecule has 19 heavy (non-hydrogen) atoms. The molecule has 0 heterocycles. The van der Waals surface area contributed by atoms with Crippen LogP contribution in [0.3, 0.4) is 0 Å². The van der Waals surface area contributed by atoms with Gasteiger partial charge in [0.15, 0.2) is 0 Å². The second kappa shape index (κ2) is 5.96. The van der Waals surface area contributed by atoms with Crippen LogP contribution in [0.25, 0.3) is 0 Å². The summed E-state index contributed by atoms with van der Waals surface area (Å²) >= 11 is 0. The summed E-state index contributed by atoms with van der Waals surface area (Å²) in [6.45, 7) is 7.57. The highest BCUT2D eigenvalue weighted by atomic mass is 16.5. The smallest absolute Gasteiger partial charge is 0.124 e. The fourth-order valence-electron chi connectivity index (χ4n) is 3.57. The molecule has 2 heteroatoms. The zero-order valence-corrected chi connectivity index (χ0v) is 12.7. The molecule has 1 aliphatic carbocycles. The summed E-state index contributed by atoms with van der Waals surface area (Å²) in [5.74, 6) is 1.71. The molecule has 0 bridgehead atoms. The number of para-hydroxylation sites is 1. The lowest BCUT2D eigenvalue weighted by molar-refractivity contribution is 0.199. The number of ether oxygens (including phenoxy) is 1. The minimum absolute atomic E-state index is 0.389. The Labute approximate surface area is 117 Å². The van der Waals surface area contributed by atoms with Crippen molar-refractivity contribution in [3.8, 4) is 5.75 Å². The van der Waals surface area contributed by atoms with Crippen LogP contribution in [-0.2, 0) is 0 Å². The van der Waals surface area contributed by atoms with Gasteiger partial charge in [-0.3, -0.25) is 0 Å². The molecular formula is C17H27NO. The monoisotopic (exact) mass is 261 g/mol. The second-order valence-corrected chi connectivity index (χ2v) is 6.22. The molecule has 0 saturated heterocycles. The normalized spacial score (nSPS) is 23.3. The Kier molecular flexibility index (Phi) is 4.51. The molecule has 106 valence electrons. The van der Waals surface area contributed by atoms with Gasteiger partial charge in [0.25, 0.3) is 0 Å². The Bertz CT molecular complexity index is 413. The van der Waals surface area contributed by atoms with Crippen molar-refractivity contribution >= 4 is 0 Å². The molecule has 2 unspecified atom stereocenters. The predicted octanol–water partition coefficient (Wildman–Crippen LogP) is 4.17. The summed E-state index contributed by atoms with van der Waals surface area (Å²) in [5.41, 5.74) is 1.72. The van der Waals surface area contributed by atoms with Gasteiger partial charge < -0.3 is 10.1 Å². The number of rotatable bonds is 5. The largest absolute Gasteiger partial charge is 0.494 e. The first-order valence-electron chi connectivity index (χ1n) is 7.49. The van der Waals surface area contributed by atoms with Gasteiger partial charge in [0.05, 0.1) is 6.61 Å². The van der Waals surface area contributed by atoms with Crippen molar-refractivity contribution in [3.05, 3.63) is 29.8 Å². The first-order valence-corrected chi connectivity index (χ1v) is 7.49. The lowest BCUT2D eigenvalue weighted by Crippen LogP contribution is -2.32. The molecule has 0 spiro atoms. The van der Waals surface area contributed by atoms with Crippen LogP contribution >= 0.6 is 0 Å². The molecule has 0 aromatic heterocycles. The van der Waals surface area contributed by atoms with Crippen molar-refractivity contribution in [2.45, 2.75) is 46.1 Å². The fourth-order valence-corrected chi connectivity index (χ4v) is 3.57. The molecule has 1 aromatic rings. The van der Waals surface area contributed by atoms with E-state index in [0.29, 0.717) is 17.4 Å². The van der Waals surface area contributed by atoms with Gasteiger partial charge in [-0.1, -0.05) is 38.5 Å². The van der Waals surface area contributed by atoms with E-state index in [2.05, 4.69) is 50.5 Å². The molecule has 2 atom stereocenters. The summed E-state index contributed by atoms with van der Waals surface area (Å²) in [5, 5.41) is 3.53. The molecular weight excluding hydrogens is 234 g/mol. The lowest BCUT2D eigenvalue weighted by atomic mass is 9.75. The van der Waals surface area contributed by atoms with Crippen LogP contribution in [-0.4, -0.2) is 13.7 Å². The van der Waals surface area contributed by atoms with Crippen molar-refractivity contribution in [1.82, 2.24) is 5.32 Å². The van der Waals surface area contributed by atoms with Gasteiger partial charge in [-0.25, -0.2) is 0 Å². The maximum absolute atomic E-state index is 5.81. The van der Waals surface area contributed by atoms with E-state index in [4.69, 9.17) is 4.74 Å². The number of hydrogen-bond donors (Lipinski definition) is 1. The van der Waals surface area contributed by atoms with Crippen LogP contribution in [0.2, 0.25) is 0 Å². The summed E-state index contributed by atoms with van der Waals surface area (Å²) in [7, 11) is 2.07. The first kappa shape index (κ1) is 14.4. The molecule has 0 aliphatic heterocycles. The molecule has 2 nitrogen and oxygen atoms in total. The number of nitrogens with one attached hydrogen (secondary N) is 1. The SMILES string of the molecule is CCOc1ccccc1C(NC)C1CCCC1(C)C. The van der Waals surface area contributed by atoms with E-state index in [1.165, 1.54) is 24.8 Å². The van der Waals surface area contributed by atoms with Crippen LogP contribution in [0.4, 0.5) is 0 Å². The van der Waals surface area contributed by atoms with Gasteiger partial charge in [-0.15, -0.1) is 0 Å². The lowest BCUT2D eigenvalue weighted by Gasteiger charge is -2.35. The zero-order valence-electron chi connectivity index (χ0n) is 12.7. The van der Waals surface area contributed by atoms with Crippen molar-refractivity contribution in [3.63, 3.8) is 0 Å². The van der Waals surface area contributed by atoms with Crippen molar-refractivity contribution < 1.29 is 4.74 Å². The van der Waals surface area contributed by atoms with Crippen LogP contribution in [0, 0.1) is 11.3 Å². The van der Waals surface area contributed by atoms with E-state index in [0.717, 1.165) is 12.4 Å². The first-order chi connectivity index (χ1) is 9.10. The summed E-state index contributed by atoms with van der Waals surface area (Å²) in [4.78, 5) is 0. The third kappa shape index (κ3) is 2.94. The third-order valence-electron chi connectivity index (χ3n) is 4.61. The van der Waals surface area contributed by atoms with Gasteiger partial charge in [-0.05, 0) is 44.2 Å². The summed E-state index contributed by atoms with van der Waals surface area (Å²) in [6.07, 6.45) is 3.97. The number of benzene rings is 1. The van der Waals surface area contributed by atoms with E-state index >= 15 is 0 Å². The Morgan fingerprint density at radius 2 is 2.11 bits per heavy atom. The zero-order chi connectivity index (χ0) is 13.9. The van der Waals surface area contributed by atoms with E-state index in [-0.39, 0.29) is 0 Å². The van der Waals surface area contributed by atoms with E-state index in [1.54, 1.807) is 0 Å². The van der Waals surface area contributed by atoms with Crippen LogP contribution in [0.5, 0.6) is 5.75 Å². The minimum atomic E-state index is 0.389. The highest BCUT2D eigenvalue weighted by Crippen LogP contribution is 2.49. The standard InChI is InChI=1S/C17H27NO/c1-5-19-15-11-7-6-9-13(15)16(18-4)14-10-8-12-17(14,2)3/h6-7,9,11,14,16,18H,5,8,10,12H2,1-4H3. The van der Waals surface area contributed by atoms with Crippen molar-refractivity contribution in [2.75, 3.05) is 13.7 Å². The van der Waals surface area contributed by atoms with E-state index < -0.39 is 0 Å². The van der Waals surface area contributed by atoms with Crippen LogP contribution < -0.4 is 10.1 Å². The van der Waals surface area contributed by atoms with Gasteiger partial charge >= 0.3 is 0 Å². The number of hydrogen-bond acceptors (Lipinski definition) is 2. The van der Waals surface area contributed by atoms with Gasteiger partial charge in [0.2, 0.25) is 0 Å². The van der Waals surface area contributed by atoms with Crippen LogP contribution in [0.1, 0.15) is 51.6 Å². The molecule has 1 aliphatic rings. The molecule has 1 N–H and O–H groups in total. The maximum Gasteiger partial charge on any atom is 0.124 e. The van der Waals surface area contributed by atoms with Crippen molar-refractivity contribution in [2.24, 2.45) is 11.3 Å². The second-order valence-electron chi connectivity index (χ2n) is 6.22.